The van der Waals surface area contributed by atoms with Crippen LogP contribution in [0.25, 0.3) is 20.3 Å². The first-order valence-corrected chi connectivity index (χ1v) is 9.53. The first-order chi connectivity index (χ1) is 11.5. The van der Waals surface area contributed by atoms with Crippen molar-refractivity contribution in [2.24, 2.45) is 0 Å². The number of hydrogen-bond acceptors (Lipinski definition) is 4. The van der Waals surface area contributed by atoms with Gasteiger partial charge in [0, 0.05) is 20.1 Å². The largest absolute Gasteiger partial charge is 0.297 e. The van der Waals surface area contributed by atoms with Crippen molar-refractivity contribution in [2.45, 2.75) is 0 Å². The molecule has 4 aromatic rings. The second kappa shape index (κ2) is 6.17. The van der Waals surface area contributed by atoms with Crippen LogP contribution in [0.5, 0.6) is 0 Å². The summed E-state index contributed by atoms with van der Waals surface area (Å²) >= 11 is 21.0. The molecule has 120 valence electrons. The molecule has 24 heavy (non-hydrogen) atoms. The first-order valence-electron chi connectivity index (χ1n) is 6.76. The van der Waals surface area contributed by atoms with Crippen LogP contribution >= 0.6 is 57.5 Å². The van der Waals surface area contributed by atoms with E-state index < -0.39 is 0 Å². The molecule has 8 heteroatoms. The molecule has 0 unspecified atom stereocenters. The van der Waals surface area contributed by atoms with E-state index in [1.807, 2.05) is 18.2 Å². The van der Waals surface area contributed by atoms with E-state index >= 15 is 0 Å². The van der Waals surface area contributed by atoms with E-state index in [1.54, 1.807) is 18.2 Å². The second-order valence-electron chi connectivity index (χ2n) is 4.97. The van der Waals surface area contributed by atoms with Gasteiger partial charge in [-0.2, -0.15) is 0 Å². The standard InChI is InChI=1S/C16H7Cl3N2OS2/c17-7-1-3-9-11(5-7)23-14(13(9)19)15(22)21-16-20-10-4-2-8(18)6-12(10)24-16/h1-6H,(H,20,21,22). The third kappa shape index (κ3) is 2.87. The van der Waals surface area contributed by atoms with Gasteiger partial charge in [-0.25, -0.2) is 4.98 Å². The van der Waals surface area contributed by atoms with Gasteiger partial charge in [-0.3, -0.25) is 10.1 Å². The summed E-state index contributed by atoms with van der Waals surface area (Å²) in [5.41, 5.74) is 0.786. The molecule has 0 aliphatic carbocycles. The second-order valence-corrected chi connectivity index (χ2v) is 8.30. The van der Waals surface area contributed by atoms with Crippen LogP contribution in [0.4, 0.5) is 5.13 Å². The highest BCUT2D eigenvalue weighted by Gasteiger charge is 2.18. The lowest BCUT2D eigenvalue weighted by Crippen LogP contribution is -2.10. The highest BCUT2D eigenvalue weighted by Crippen LogP contribution is 2.37. The fraction of sp³-hybridized carbons (Fsp3) is 0. The van der Waals surface area contributed by atoms with E-state index in [0.717, 1.165) is 20.3 Å². The van der Waals surface area contributed by atoms with Crippen LogP contribution < -0.4 is 5.32 Å². The van der Waals surface area contributed by atoms with Crippen molar-refractivity contribution in [3.63, 3.8) is 0 Å². The van der Waals surface area contributed by atoms with Crippen molar-refractivity contribution in [3.8, 4) is 0 Å². The summed E-state index contributed by atoms with van der Waals surface area (Å²) in [5, 5.41) is 5.78. The number of fused-ring (bicyclic) bond motifs is 2. The summed E-state index contributed by atoms with van der Waals surface area (Å²) in [7, 11) is 0. The van der Waals surface area contributed by atoms with Crippen molar-refractivity contribution in [3.05, 3.63) is 56.3 Å². The van der Waals surface area contributed by atoms with E-state index in [1.165, 1.54) is 22.7 Å². The van der Waals surface area contributed by atoms with E-state index in [2.05, 4.69) is 10.3 Å². The molecule has 2 aromatic heterocycles. The van der Waals surface area contributed by atoms with Crippen LogP contribution in [0, 0.1) is 0 Å². The van der Waals surface area contributed by atoms with E-state index in [0.29, 0.717) is 25.1 Å². The molecule has 0 radical (unpaired) electrons. The number of thiophene rings is 1. The molecule has 0 aliphatic heterocycles. The Bertz CT molecular complexity index is 1100. The SMILES string of the molecule is O=C(Nc1nc2ccc(Cl)cc2s1)c1sc2cc(Cl)ccc2c1Cl. The zero-order valence-corrected chi connectivity index (χ0v) is 15.7. The maximum absolute atomic E-state index is 12.6. The molecular weight excluding hydrogens is 407 g/mol. The van der Waals surface area contributed by atoms with Gasteiger partial charge in [0.1, 0.15) is 4.88 Å². The number of rotatable bonds is 2. The van der Waals surface area contributed by atoms with E-state index in [9.17, 15) is 4.79 Å². The molecule has 4 rings (SSSR count). The average molecular weight is 414 g/mol. The number of halogens is 3. The molecule has 0 fully saturated rings. The Morgan fingerprint density at radius 2 is 1.67 bits per heavy atom. The number of anilines is 1. The normalized spacial score (nSPS) is 11.3. The summed E-state index contributed by atoms with van der Waals surface area (Å²) in [5.74, 6) is -0.289. The third-order valence-electron chi connectivity index (χ3n) is 3.37. The Morgan fingerprint density at radius 1 is 0.958 bits per heavy atom. The monoisotopic (exact) mass is 412 g/mol. The smallest absolute Gasteiger partial charge is 0.269 e. The minimum Gasteiger partial charge on any atom is -0.297 e. The Kier molecular flexibility index (Phi) is 4.14. The molecule has 0 aliphatic rings. The van der Waals surface area contributed by atoms with Crippen molar-refractivity contribution >= 4 is 88.8 Å². The Balaban J connectivity index is 1.69. The summed E-state index contributed by atoms with van der Waals surface area (Å²) < 4.78 is 1.78. The van der Waals surface area contributed by atoms with Gasteiger partial charge in [0.2, 0.25) is 0 Å². The van der Waals surface area contributed by atoms with Crippen LogP contribution in [-0.4, -0.2) is 10.9 Å². The Labute approximate surface area is 159 Å². The molecule has 0 bridgehead atoms. The molecule has 1 N–H and O–H groups in total. The quantitative estimate of drug-likeness (QED) is 0.396. The van der Waals surface area contributed by atoms with Crippen molar-refractivity contribution < 1.29 is 4.79 Å². The highest BCUT2D eigenvalue weighted by molar-refractivity contribution is 7.23. The molecule has 0 spiro atoms. The highest BCUT2D eigenvalue weighted by atomic mass is 35.5. The zero-order chi connectivity index (χ0) is 16.8. The van der Waals surface area contributed by atoms with Crippen LogP contribution in [0.3, 0.4) is 0 Å². The van der Waals surface area contributed by atoms with Gasteiger partial charge in [0.05, 0.1) is 15.2 Å². The lowest BCUT2D eigenvalue weighted by Gasteiger charge is -1.98. The van der Waals surface area contributed by atoms with Gasteiger partial charge >= 0.3 is 0 Å². The molecule has 2 aromatic carbocycles. The van der Waals surface area contributed by atoms with Crippen molar-refractivity contribution in [1.82, 2.24) is 4.98 Å². The minimum atomic E-state index is -0.289. The third-order valence-corrected chi connectivity index (χ3v) is 6.43. The van der Waals surface area contributed by atoms with Crippen molar-refractivity contribution in [2.75, 3.05) is 5.32 Å². The molecule has 0 saturated heterocycles. The summed E-state index contributed by atoms with van der Waals surface area (Å²) in [6.07, 6.45) is 0. The topological polar surface area (TPSA) is 42.0 Å². The van der Waals surface area contributed by atoms with Gasteiger partial charge in [-0.1, -0.05) is 52.2 Å². The number of carbonyl (C=O) groups excluding carboxylic acids is 1. The van der Waals surface area contributed by atoms with Gasteiger partial charge in [0.25, 0.3) is 5.91 Å². The number of nitrogens with zero attached hydrogens (tertiary/aromatic N) is 1. The van der Waals surface area contributed by atoms with Gasteiger partial charge in [-0.15, -0.1) is 11.3 Å². The number of hydrogen-bond donors (Lipinski definition) is 1. The predicted octanol–water partition coefficient (Wildman–Crippen LogP) is 6.72. The molecule has 3 nitrogen and oxygen atoms in total. The fourth-order valence-corrected chi connectivity index (χ4v) is 5.12. The van der Waals surface area contributed by atoms with Crippen LogP contribution in [0.1, 0.15) is 9.67 Å². The van der Waals surface area contributed by atoms with Gasteiger partial charge < -0.3 is 0 Å². The molecule has 0 saturated carbocycles. The first kappa shape index (κ1) is 16.1. The van der Waals surface area contributed by atoms with Gasteiger partial charge in [0.15, 0.2) is 5.13 Å². The molecule has 2 heterocycles. The van der Waals surface area contributed by atoms with Crippen LogP contribution in [0.15, 0.2) is 36.4 Å². The lowest BCUT2D eigenvalue weighted by atomic mass is 10.2. The maximum atomic E-state index is 12.6. The Morgan fingerprint density at radius 3 is 2.46 bits per heavy atom. The number of amides is 1. The number of aromatic nitrogens is 1. The number of benzene rings is 2. The van der Waals surface area contributed by atoms with E-state index in [-0.39, 0.29) is 5.91 Å². The lowest BCUT2D eigenvalue weighted by molar-refractivity contribution is 0.103. The van der Waals surface area contributed by atoms with Crippen LogP contribution in [0.2, 0.25) is 15.1 Å². The fourth-order valence-electron chi connectivity index (χ4n) is 2.29. The Hall–Kier alpha value is -1.37. The number of thiazole rings is 1. The molecule has 0 atom stereocenters. The predicted molar refractivity (Wildman–Crippen MR) is 104 cm³/mol. The van der Waals surface area contributed by atoms with Crippen LogP contribution in [-0.2, 0) is 0 Å². The summed E-state index contributed by atoms with van der Waals surface area (Å²) in [6.45, 7) is 0. The average Bonchev–Trinajstić information content (AvgIpc) is 3.07. The summed E-state index contributed by atoms with van der Waals surface area (Å²) in [6, 6.07) is 10.8. The minimum absolute atomic E-state index is 0.289. The molecule has 1 amide bonds. The molecular formula is C16H7Cl3N2OS2. The van der Waals surface area contributed by atoms with Gasteiger partial charge in [-0.05, 0) is 30.3 Å². The summed E-state index contributed by atoms with van der Waals surface area (Å²) in [4.78, 5) is 17.4. The maximum Gasteiger partial charge on any atom is 0.269 e. The van der Waals surface area contributed by atoms with E-state index in [4.69, 9.17) is 34.8 Å². The number of nitrogens with one attached hydrogen (secondary N) is 1. The number of carbonyl (C=O) groups is 1. The van der Waals surface area contributed by atoms with Crippen molar-refractivity contribution in [1.29, 1.82) is 0 Å². The zero-order valence-electron chi connectivity index (χ0n) is 11.8.